The van der Waals surface area contributed by atoms with E-state index in [0.717, 1.165) is 37.8 Å². The minimum Gasteiger partial charge on any atom is -0.307 e. The molecule has 7 atom stereocenters. The highest BCUT2D eigenvalue weighted by molar-refractivity contribution is 8.00. The number of alkyl halides is 3. The molecular weight excluding hydrogens is 511 g/mol. The van der Waals surface area contributed by atoms with Crippen molar-refractivity contribution < 1.29 is 22.8 Å². The number of amides is 2. The topological polar surface area (TPSA) is 83.1 Å². The third-order valence-electron chi connectivity index (χ3n) is 8.22. The SMILES string of the molecule is O=C1[C@H]2[C@H]3C[C@@H]([C@@H]2C(=O)N1c1ccccc1C(F)(F)F)[C@H]1[C@H](c2cccnc2)c2sc(=O)[nH]c2S[C@H]31. The second kappa shape index (κ2) is 7.55. The molecule has 1 saturated heterocycles. The molecule has 0 spiro atoms. The number of hydrogen-bond acceptors (Lipinski definition) is 6. The summed E-state index contributed by atoms with van der Waals surface area (Å²) in [6.45, 7) is 0. The number of para-hydroxylation sites is 1. The summed E-state index contributed by atoms with van der Waals surface area (Å²) in [4.78, 5) is 48.3. The van der Waals surface area contributed by atoms with Crippen molar-refractivity contribution in [3.8, 4) is 0 Å². The molecule has 3 aromatic rings. The van der Waals surface area contributed by atoms with Gasteiger partial charge in [-0.3, -0.25) is 19.4 Å². The van der Waals surface area contributed by atoms with Crippen molar-refractivity contribution in [1.29, 1.82) is 0 Å². The molecule has 2 bridgehead atoms. The Morgan fingerprint density at radius 2 is 1.75 bits per heavy atom. The van der Waals surface area contributed by atoms with Crippen LogP contribution in [0.2, 0.25) is 0 Å². The summed E-state index contributed by atoms with van der Waals surface area (Å²) >= 11 is 2.69. The minimum atomic E-state index is -4.69. The molecule has 4 heterocycles. The maximum atomic E-state index is 13.8. The van der Waals surface area contributed by atoms with Gasteiger partial charge in [-0.05, 0) is 47.9 Å². The van der Waals surface area contributed by atoms with Crippen LogP contribution < -0.4 is 9.77 Å². The number of carbonyl (C=O) groups excluding carboxylic acids is 2. The van der Waals surface area contributed by atoms with Gasteiger partial charge in [-0.2, -0.15) is 13.2 Å². The molecule has 3 fully saturated rings. The number of fused-ring (bicyclic) bond motifs is 9. The number of anilines is 1. The van der Waals surface area contributed by atoms with Gasteiger partial charge in [0, 0.05) is 28.4 Å². The number of thioether (sulfide) groups is 1. The zero-order valence-corrected chi connectivity index (χ0v) is 20.1. The third kappa shape index (κ3) is 2.92. The van der Waals surface area contributed by atoms with Gasteiger partial charge < -0.3 is 4.98 Å². The number of halogens is 3. The third-order valence-corrected chi connectivity index (χ3v) is 10.8. The van der Waals surface area contributed by atoms with Crippen molar-refractivity contribution in [2.75, 3.05) is 4.90 Å². The second-order valence-corrected chi connectivity index (χ2v) is 12.0. The van der Waals surface area contributed by atoms with Gasteiger partial charge in [0.25, 0.3) is 0 Å². The number of nitrogens with zero attached hydrogens (tertiary/aromatic N) is 2. The van der Waals surface area contributed by atoms with E-state index < -0.39 is 41.1 Å². The van der Waals surface area contributed by atoms with Gasteiger partial charge in [0.05, 0.1) is 28.1 Å². The predicted molar refractivity (Wildman–Crippen MR) is 127 cm³/mol. The lowest BCUT2D eigenvalue weighted by Gasteiger charge is -2.42. The highest BCUT2D eigenvalue weighted by Gasteiger charge is 2.70. The van der Waals surface area contributed by atoms with Crippen LogP contribution in [0.4, 0.5) is 18.9 Å². The summed E-state index contributed by atoms with van der Waals surface area (Å²) in [6, 6.07) is 8.55. The predicted octanol–water partition coefficient (Wildman–Crippen LogP) is 4.53. The van der Waals surface area contributed by atoms with E-state index in [2.05, 4.69) is 9.97 Å². The highest BCUT2D eigenvalue weighted by Crippen LogP contribution is 2.68. The van der Waals surface area contributed by atoms with Gasteiger partial charge in [0.15, 0.2) is 0 Å². The number of nitrogens with one attached hydrogen (secondary N) is 1. The van der Waals surface area contributed by atoms with E-state index in [1.807, 2.05) is 12.1 Å². The smallest absolute Gasteiger partial charge is 0.307 e. The van der Waals surface area contributed by atoms with E-state index in [1.54, 1.807) is 12.4 Å². The Morgan fingerprint density at radius 3 is 2.47 bits per heavy atom. The number of pyridine rings is 1. The van der Waals surface area contributed by atoms with Gasteiger partial charge in [0.2, 0.25) is 11.8 Å². The summed E-state index contributed by atoms with van der Waals surface area (Å²) in [5.74, 6) is -2.94. The van der Waals surface area contributed by atoms with Crippen LogP contribution in [0, 0.1) is 29.6 Å². The first kappa shape index (κ1) is 22.3. The number of hydrogen-bond donors (Lipinski definition) is 1. The largest absolute Gasteiger partial charge is 0.418 e. The molecule has 2 saturated carbocycles. The highest BCUT2D eigenvalue weighted by atomic mass is 32.2. The molecule has 184 valence electrons. The number of thiazole rings is 1. The average molecular weight is 530 g/mol. The van der Waals surface area contributed by atoms with Crippen molar-refractivity contribution in [3.05, 3.63) is 74.5 Å². The number of carbonyl (C=O) groups is 2. The molecule has 2 amide bonds. The van der Waals surface area contributed by atoms with Crippen molar-refractivity contribution in [1.82, 2.24) is 9.97 Å². The van der Waals surface area contributed by atoms with Gasteiger partial charge in [-0.25, -0.2) is 4.90 Å². The molecule has 0 radical (unpaired) electrons. The Morgan fingerprint density at radius 1 is 1.00 bits per heavy atom. The number of H-pyrrole nitrogens is 1. The molecule has 4 aliphatic rings. The quantitative estimate of drug-likeness (QED) is 0.494. The Balaban J connectivity index is 1.33. The van der Waals surface area contributed by atoms with Gasteiger partial charge in [0.1, 0.15) is 0 Å². The van der Waals surface area contributed by atoms with Crippen LogP contribution >= 0.6 is 23.1 Å². The van der Waals surface area contributed by atoms with Crippen LogP contribution in [-0.4, -0.2) is 27.0 Å². The second-order valence-electron chi connectivity index (χ2n) is 9.77. The lowest BCUT2D eigenvalue weighted by atomic mass is 9.68. The molecule has 1 N–H and O–H groups in total. The summed E-state index contributed by atoms with van der Waals surface area (Å²) in [5, 5.41) is 0.744. The number of aromatic nitrogens is 2. The first-order valence-electron chi connectivity index (χ1n) is 11.6. The lowest BCUT2D eigenvalue weighted by Crippen LogP contribution is -2.42. The molecular formula is C25H18F3N3O3S2. The Labute approximate surface area is 210 Å². The standard InChI is InChI=1S/C25H18F3N3O3S2/c26-25(27,28)13-5-1-2-6-14(13)31-22(32)17-11-8-12(18(17)23(31)33)19-16(11)15(10-4-3-7-29-9-10)20-21(35-19)30-24(34)36-20/h1-7,9,11-12,15-19H,8H2,(H,30,34)/t11-,12-,15+,16+,17+,18+,19-/m1/s1. The molecule has 0 unspecified atom stereocenters. The Bertz CT molecular complexity index is 1470. The number of rotatable bonds is 2. The maximum absolute atomic E-state index is 13.8. The lowest BCUT2D eigenvalue weighted by molar-refractivity contribution is -0.137. The van der Waals surface area contributed by atoms with Gasteiger partial charge in [-0.15, -0.1) is 11.8 Å². The van der Waals surface area contributed by atoms with Crippen LogP contribution in [0.3, 0.4) is 0 Å². The molecule has 11 heteroatoms. The van der Waals surface area contributed by atoms with Crippen molar-refractivity contribution in [3.63, 3.8) is 0 Å². The van der Waals surface area contributed by atoms with Crippen LogP contribution in [-0.2, 0) is 15.8 Å². The Kier molecular flexibility index (Phi) is 4.67. The van der Waals surface area contributed by atoms with E-state index in [9.17, 15) is 27.6 Å². The minimum absolute atomic E-state index is 0.0287. The summed E-state index contributed by atoms with van der Waals surface area (Å²) < 4.78 is 41.3. The number of aromatic amines is 1. The summed E-state index contributed by atoms with van der Waals surface area (Å²) in [7, 11) is 0. The van der Waals surface area contributed by atoms with Gasteiger partial charge in [-0.1, -0.05) is 29.5 Å². The fourth-order valence-electron chi connectivity index (χ4n) is 7.10. The normalized spacial score (nSPS) is 32.5. The molecule has 36 heavy (non-hydrogen) atoms. The average Bonchev–Trinajstić information content (AvgIpc) is 3.58. The number of imide groups is 1. The van der Waals surface area contributed by atoms with Crippen LogP contribution in [0.25, 0.3) is 0 Å². The molecule has 2 aromatic heterocycles. The molecule has 6 nitrogen and oxygen atoms in total. The van der Waals surface area contributed by atoms with Crippen LogP contribution in [0.5, 0.6) is 0 Å². The fraction of sp³-hybridized carbons (Fsp3) is 0.360. The van der Waals surface area contributed by atoms with E-state index in [-0.39, 0.29) is 33.8 Å². The van der Waals surface area contributed by atoms with Crippen molar-refractivity contribution >= 4 is 40.6 Å². The van der Waals surface area contributed by atoms with E-state index in [4.69, 9.17) is 0 Å². The van der Waals surface area contributed by atoms with E-state index in [0.29, 0.717) is 6.42 Å². The first-order valence-corrected chi connectivity index (χ1v) is 13.3. The number of benzene rings is 1. The van der Waals surface area contributed by atoms with E-state index in [1.165, 1.54) is 30.0 Å². The zero-order chi connectivity index (χ0) is 24.9. The maximum Gasteiger partial charge on any atom is 0.418 e. The van der Waals surface area contributed by atoms with Crippen LogP contribution in [0.1, 0.15) is 28.3 Å². The molecule has 1 aromatic carbocycles. The molecule has 7 rings (SSSR count). The van der Waals surface area contributed by atoms with Gasteiger partial charge >= 0.3 is 11.0 Å². The molecule has 2 aliphatic heterocycles. The molecule has 2 aliphatic carbocycles. The monoisotopic (exact) mass is 529 g/mol. The van der Waals surface area contributed by atoms with Crippen LogP contribution in [0.15, 0.2) is 58.6 Å². The van der Waals surface area contributed by atoms with Crippen molar-refractivity contribution in [2.24, 2.45) is 29.6 Å². The summed E-state index contributed by atoms with van der Waals surface area (Å²) in [5.41, 5.74) is -0.445. The van der Waals surface area contributed by atoms with Crippen molar-refractivity contribution in [2.45, 2.75) is 28.8 Å². The Hall–Kier alpha value is -2.92. The summed E-state index contributed by atoms with van der Waals surface area (Å²) in [6.07, 6.45) is -0.587. The zero-order valence-electron chi connectivity index (χ0n) is 18.4. The fourth-order valence-corrected chi connectivity index (χ4v) is 9.98. The first-order chi connectivity index (χ1) is 17.3. The van der Waals surface area contributed by atoms with E-state index >= 15 is 0 Å².